The number of carboxylic acids is 1. The van der Waals surface area contributed by atoms with Crippen molar-refractivity contribution in [2.24, 2.45) is 0 Å². The fourth-order valence-corrected chi connectivity index (χ4v) is 1.81. The summed E-state index contributed by atoms with van der Waals surface area (Å²) >= 11 is 0. The quantitative estimate of drug-likeness (QED) is 0.563. The average Bonchev–Trinajstić information content (AvgIpc) is 2.44. The Labute approximate surface area is 121 Å². The van der Waals surface area contributed by atoms with E-state index in [0.717, 1.165) is 6.08 Å². The first-order valence-electron chi connectivity index (χ1n) is 5.91. The van der Waals surface area contributed by atoms with Crippen molar-refractivity contribution in [1.29, 1.82) is 0 Å². The van der Waals surface area contributed by atoms with E-state index >= 15 is 0 Å². The lowest BCUT2D eigenvalue weighted by molar-refractivity contribution is -0.386. The number of nitrogens with zero attached hydrogens (tertiary/aromatic N) is 1. The van der Waals surface area contributed by atoms with Crippen LogP contribution in [0.1, 0.15) is 21.6 Å². The van der Waals surface area contributed by atoms with Gasteiger partial charge in [-0.05, 0) is 17.7 Å². The summed E-state index contributed by atoms with van der Waals surface area (Å²) < 4.78 is 0. The summed E-state index contributed by atoms with van der Waals surface area (Å²) in [7, 11) is 0. The van der Waals surface area contributed by atoms with Gasteiger partial charge in [-0.2, -0.15) is 0 Å². The topological polar surface area (TPSA) is 146 Å². The van der Waals surface area contributed by atoms with E-state index in [9.17, 15) is 24.5 Å². The van der Waals surface area contributed by atoms with Crippen molar-refractivity contribution in [2.45, 2.75) is 0 Å². The molecule has 0 spiro atoms. The standard InChI is InChI=1S/C13H9N3O6/c17-11-10(16(21)22)9(14-13(20)15-11)6-5-7-3-1-2-4-8(7)12(18)19/h1-6H,(H,18,19)(H2,14,15,17,20)/b6-5+. The number of aromatic carboxylic acids is 1. The maximum atomic E-state index is 11.4. The molecule has 1 aromatic carbocycles. The highest BCUT2D eigenvalue weighted by Gasteiger charge is 2.19. The molecule has 0 fully saturated rings. The number of H-pyrrole nitrogens is 2. The Morgan fingerprint density at radius 1 is 1.18 bits per heavy atom. The van der Waals surface area contributed by atoms with Crippen LogP contribution in [0.25, 0.3) is 12.2 Å². The van der Waals surface area contributed by atoms with Gasteiger partial charge >= 0.3 is 22.9 Å². The predicted octanol–water partition coefficient (Wildman–Crippen LogP) is 0.840. The molecule has 0 unspecified atom stereocenters. The molecule has 22 heavy (non-hydrogen) atoms. The number of aromatic nitrogens is 2. The van der Waals surface area contributed by atoms with Crippen molar-refractivity contribution < 1.29 is 14.8 Å². The predicted molar refractivity (Wildman–Crippen MR) is 76.7 cm³/mol. The normalized spacial score (nSPS) is 10.7. The summed E-state index contributed by atoms with van der Waals surface area (Å²) in [5.41, 5.74) is -2.94. The van der Waals surface area contributed by atoms with Crippen molar-refractivity contribution >= 4 is 23.8 Å². The SMILES string of the molecule is O=C(O)c1ccccc1/C=C/c1[nH]c(=O)[nH]c(=O)c1[N+](=O)[O-]. The first-order chi connectivity index (χ1) is 10.4. The Morgan fingerprint density at radius 3 is 2.50 bits per heavy atom. The van der Waals surface area contributed by atoms with Crippen LogP contribution in [0.3, 0.4) is 0 Å². The smallest absolute Gasteiger partial charge is 0.357 e. The van der Waals surface area contributed by atoms with Gasteiger partial charge in [-0.1, -0.05) is 24.3 Å². The molecule has 0 saturated heterocycles. The summed E-state index contributed by atoms with van der Waals surface area (Å²) in [5, 5.41) is 19.9. The number of aromatic amines is 2. The van der Waals surface area contributed by atoms with Crippen molar-refractivity contribution in [3.63, 3.8) is 0 Å². The lowest BCUT2D eigenvalue weighted by Gasteiger charge is -2.00. The number of nitrogens with one attached hydrogen (secondary N) is 2. The molecule has 2 aromatic rings. The molecule has 0 atom stereocenters. The van der Waals surface area contributed by atoms with Crippen LogP contribution in [0.15, 0.2) is 33.9 Å². The Hall–Kier alpha value is -3.49. The van der Waals surface area contributed by atoms with Crippen molar-refractivity contribution in [3.05, 3.63) is 72.0 Å². The molecule has 0 aliphatic rings. The summed E-state index contributed by atoms with van der Waals surface area (Å²) in [5.74, 6) is -1.17. The van der Waals surface area contributed by atoms with E-state index < -0.39 is 27.8 Å². The van der Waals surface area contributed by atoms with Crippen LogP contribution in [0, 0.1) is 10.1 Å². The van der Waals surface area contributed by atoms with Crippen LogP contribution >= 0.6 is 0 Å². The summed E-state index contributed by atoms with van der Waals surface area (Å²) in [6.45, 7) is 0. The van der Waals surface area contributed by atoms with Gasteiger partial charge in [-0.25, -0.2) is 9.59 Å². The zero-order valence-electron chi connectivity index (χ0n) is 10.9. The summed E-state index contributed by atoms with van der Waals surface area (Å²) in [6, 6.07) is 5.95. The Bertz CT molecular complexity index is 893. The molecule has 0 radical (unpaired) electrons. The first-order valence-corrected chi connectivity index (χ1v) is 5.91. The van der Waals surface area contributed by atoms with Gasteiger partial charge in [-0.15, -0.1) is 0 Å². The van der Waals surface area contributed by atoms with Gasteiger partial charge in [0.15, 0.2) is 0 Å². The Kier molecular flexibility index (Phi) is 3.98. The molecular formula is C13H9N3O6. The van der Waals surface area contributed by atoms with Crippen molar-refractivity contribution in [1.82, 2.24) is 9.97 Å². The van der Waals surface area contributed by atoms with Gasteiger partial charge in [0.2, 0.25) is 0 Å². The van der Waals surface area contributed by atoms with E-state index in [0.29, 0.717) is 0 Å². The minimum absolute atomic E-state index is 0.0198. The highest BCUT2D eigenvalue weighted by Crippen LogP contribution is 2.15. The number of carbonyl (C=O) groups is 1. The van der Waals surface area contributed by atoms with Gasteiger partial charge in [0, 0.05) is 0 Å². The van der Waals surface area contributed by atoms with Gasteiger partial charge < -0.3 is 10.1 Å². The average molecular weight is 303 g/mol. The van der Waals surface area contributed by atoms with Gasteiger partial charge in [0.25, 0.3) is 0 Å². The molecule has 0 aliphatic carbocycles. The highest BCUT2D eigenvalue weighted by molar-refractivity contribution is 5.93. The number of hydrogen-bond acceptors (Lipinski definition) is 5. The molecule has 0 aliphatic heterocycles. The largest absolute Gasteiger partial charge is 0.478 e. The zero-order chi connectivity index (χ0) is 16.3. The minimum atomic E-state index is -1.17. The number of hydrogen-bond donors (Lipinski definition) is 3. The molecule has 0 amide bonds. The van der Waals surface area contributed by atoms with Gasteiger partial charge in [-0.3, -0.25) is 19.9 Å². The number of nitro groups is 1. The number of carboxylic acid groups (broad SMARTS) is 1. The third-order valence-corrected chi connectivity index (χ3v) is 2.75. The molecule has 3 N–H and O–H groups in total. The molecule has 112 valence electrons. The molecule has 9 heteroatoms. The maximum Gasteiger partial charge on any atom is 0.357 e. The Morgan fingerprint density at radius 2 is 1.86 bits per heavy atom. The minimum Gasteiger partial charge on any atom is -0.478 e. The van der Waals surface area contributed by atoms with E-state index in [1.54, 1.807) is 11.1 Å². The summed E-state index contributed by atoms with van der Waals surface area (Å²) in [6.07, 6.45) is 2.37. The lowest BCUT2D eigenvalue weighted by Crippen LogP contribution is -2.25. The molecular weight excluding hydrogens is 294 g/mol. The third-order valence-electron chi connectivity index (χ3n) is 2.75. The van der Waals surface area contributed by atoms with E-state index in [4.69, 9.17) is 5.11 Å². The second-order valence-corrected chi connectivity index (χ2v) is 4.15. The second kappa shape index (κ2) is 5.87. The Balaban J connectivity index is 2.57. The fourth-order valence-electron chi connectivity index (χ4n) is 1.81. The van der Waals surface area contributed by atoms with Crippen molar-refractivity contribution in [2.75, 3.05) is 0 Å². The van der Waals surface area contributed by atoms with E-state index in [1.165, 1.54) is 24.3 Å². The fraction of sp³-hybridized carbons (Fsp3) is 0. The van der Waals surface area contributed by atoms with Crippen LogP contribution < -0.4 is 11.2 Å². The van der Waals surface area contributed by atoms with Crippen LogP contribution in [0.5, 0.6) is 0 Å². The highest BCUT2D eigenvalue weighted by atomic mass is 16.6. The number of benzene rings is 1. The maximum absolute atomic E-state index is 11.4. The van der Waals surface area contributed by atoms with Crippen LogP contribution in [-0.4, -0.2) is 26.0 Å². The molecule has 1 heterocycles. The van der Waals surface area contributed by atoms with Crippen LogP contribution in [0.4, 0.5) is 5.69 Å². The molecule has 1 aromatic heterocycles. The van der Waals surface area contributed by atoms with Gasteiger partial charge in [0.1, 0.15) is 5.69 Å². The monoisotopic (exact) mass is 303 g/mol. The number of rotatable bonds is 4. The lowest BCUT2D eigenvalue weighted by atomic mass is 10.1. The third kappa shape index (κ3) is 2.98. The van der Waals surface area contributed by atoms with E-state index in [1.807, 2.05) is 0 Å². The van der Waals surface area contributed by atoms with E-state index in [-0.39, 0.29) is 16.8 Å². The first kappa shape index (κ1) is 14.9. The van der Waals surface area contributed by atoms with E-state index in [2.05, 4.69) is 4.98 Å². The molecule has 0 saturated carbocycles. The van der Waals surface area contributed by atoms with Crippen LogP contribution in [0.2, 0.25) is 0 Å². The summed E-state index contributed by atoms with van der Waals surface area (Å²) in [4.78, 5) is 47.5. The molecule has 0 bridgehead atoms. The zero-order valence-corrected chi connectivity index (χ0v) is 10.9. The van der Waals surface area contributed by atoms with Crippen molar-refractivity contribution in [3.8, 4) is 0 Å². The van der Waals surface area contributed by atoms with Crippen LogP contribution in [-0.2, 0) is 0 Å². The molecule has 9 nitrogen and oxygen atoms in total. The second-order valence-electron chi connectivity index (χ2n) is 4.15. The van der Waals surface area contributed by atoms with Gasteiger partial charge in [0.05, 0.1) is 10.5 Å². The molecule has 2 rings (SSSR count).